The number of hydroxylamine groups is 2. The molecule has 0 atom stereocenters. The summed E-state index contributed by atoms with van der Waals surface area (Å²) in [6.07, 6.45) is -0.538. The summed E-state index contributed by atoms with van der Waals surface area (Å²) in [6, 6.07) is 0. The van der Waals surface area contributed by atoms with Crippen LogP contribution in [0.2, 0.25) is 0 Å². The first-order valence-electron chi connectivity index (χ1n) is 2.28. The van der Waals surface area contributed by atoms with Crippen LogP contribution in [0.4, 0.5) is 4.79 Å². The lowest BCUT2D eigenvalue weighted by Gasteiger charge is -2.09. The number of amides is 1. The summed E-state index contributed by atoms with van der Waals surface area (Å²) in [4.78, 5) is 14.5. The van der Waals surface area contributed by atoms with Gasteiger partial charge in [-0.25, -0.2) is 4.79 Å². The van der Waals surface area contributed by atoms with Gasteiger partial charge in [0, 0.05) is 17.3 Å². The van der Waals surface area contributed by atoms with Crippen molar-refractivity contribution in [1.82, 2.24) is 5.06 Å². The molecule has 0 rings (SSSR count). The van der Waals surface area contributed by atoms with Crippen LogP contribution in [0.5, 0.6) is 0 Å². The Labute approximate surface area is 50.4 Å². The summed E-state index contributed by atoms with van der Waals surface area (Å²) in [7, 11) is 2.22. The van der Waals surface area contributed by atoms with E-state index in [9.17, 15) is 4.79 Å². The molecular formula is C3H9NO3Si. The SMILES string of the molecule is CN(OC[SiH3])C(=O)O. The van der Waals surface area contributed by atoms with E-state index in [2.05, 4.69) is 4.84 Å². The summed E-state index contributed by atoms with van der Waals surface area (Å²) in [5.74, 6) is 0. The van der Waals surface area contributed by atoms with Gasteiger partial charge in [0.1, 0.15) is 0 Å². The fourth-order valence-corrected chi connectivity index (χ4v) is 0.636. The van der Waals surface area contributed by atoms with Gasteiger partial charge >= 0.3 is 6.09 Å². The van der Waals surface area contributed by atoms with Crippen molar-refractivity contribution in [2.24, 2.45) is 0 Å². The van der Waals surface area contributed by atoms with E-state index in [0.717, 1.165) is 15.3 Å². The molecule has 0 aromatic heterocycles. The van der Waals surface area contributed by atoms with Gasteiger partial charge in [-0.15, -0.1) is 0 Å². The highest BCUT2D eigenvalue weighted by Crippen LogP contribution is 1.81. The molecule has 0 bridgehead atoms. The Morgan fingerprint density at radius 1 is 2.00 bits per heavy atom. The Morgan fingerprint density at radius 2 is 2.50 bits per heavy atom. The Kier molecular flexibility index (Phi) is 3.21. The maximum atomic E-state index is 9.91. The molecule has 0 aliphatic heterocycles. The van der Waals surface area contributed by atoms with Gasteiger partial charge < -0.3 is 5.11 Å². The van der Waals surface area contributed by atoms with E-state index in [1.54, 1.807) is 0 Å². The average molecular weight is 135 g/mol. The molecule has 0 fully saturated rings. The quantitative estimate of drug-likeness (QED) is 0.384. The van der Waals surface area contributed by atoms with E-state index >= 15 is 0 Å². The first-order chi connectivity index (χ1) is 3.68. The molecule has 0 saturated carbocycles. The van der Waals surface area contributed by atoms with Crippen molar-refractivity contribution in [2.75, 3.05) is 13.3 Å². The van der Waals surface area contributed by atoms with Crippen LogP contribution in [0, 0.1) is 0 Å². The van der Waals surface area contributed by atoms with Crippen molar-refractivity contribution in [3.05, 3.63) is 0 Å². The third-order valence-corrected chi connectivity index (χ3v) is 0.850. The fourth-order valence-electron chi connectivity index (χ4n) is 0.249. The smallest absolute Gasteiger partial charge is 0.431 e. The second kappa shape index (κ2) is 3.45. The highest BCUT2D eigenvalue weighted by Gasteiger charge is 2.01. The topological polar surface area (TPSA) is 49.8 Å². The molecule has 0 aliphatic carbocycles. The Balaban J connectivity index is 3.32. The zero-order valence-electron chi connectivity index (χ0n) is 4.92. The number of carboxylic acid groups (broad SMARTS) is 1. The van der Waals surface area contributed by atoms with Gasteiger partial charge in [-0.05, 0) is 0 Å². The summed E-state index contributed by atoms with van der Waals surface area (Å²) in [6.45, 7) is 0. The molecule has 0 aromatic carbocycles. The van der Waals surface area contributed by atoms with Crippen molar-refractivity contribution < 1.29 is 14.7 Å². The third kappa shape index (κ3) is 2.59. The van der Waals surface area contributed by atoms with Crippen LogP contribution in [0.25, 0.3) is 0 Å². The highest BCUT2D eigenvalue weighted by molar-refractivity contribution is 6.08. The summed E-state index contributed by atoms with van der Waals surface area (Å²) in [5.41, 5.74) is 0. The van der Waals surface area contributed by atoms with Crippen LogP contribution >= 0.6 is 0 Å². The fraction of sp³-hybridized carbons (Fsp3) is 0.667. The van der Waals surface area contributed by atoms with Crippen molar-refractivity contribution in [1.29, 1.82) is 0 Å². The van der Waals surface area contributed by atoms with E-state index in [1.165, 1.54) is 7.05 Å². The minimum absolute atomic E-state index is 0.517. The maximum Gasteiger partial charge on any atom is 0.431 e. The largest absolute Gasteiger partial charge is 0.463 e. The van der Waals surface area contributed by atoms with Crippen LogP contribution in [0.3, 0.4) is 0 Å². The number of carbonyl (C=O) groups is 1. The Bertz CT molecular complexity index is 86.6. The van der Waals surface area contributed by atoms with Crippen molar-refractivity contribution in [3.63, 3.8) is 0 Å². The van der Waals surface area contributed by atoms with E-state index < -0.39 is 6.09 Å². The normalized spacial score (nSPS) is 9.12. The molecule has 0 saturated heterocycles. The molecule has 0 aromatic rings. The zero-order valence-corrected chi connectivity index (χ0v) is 6.92. The van der Waals surface area contributed by atoms with E-state index in [0.29, 0.717) is 6.23 Å². The predicted octanol–water partition coefficient (Wildman–Crippen LogP) is -1.15. The lowest BCUT2D eigenvalue weighted by atomic mass is 11.1. The number of rotatable bonds is 2. The van der Waals surface area contributed by atoms with Crippen molar-refractivity contribution in [3.8, 4) is 0 Å². The maximum absolute atomic E-state index is 9.91. The molecule has 0 heterocycles. The van der Waals surface area contributed by atoms with Gasteiger partial charge in [-0.1, -0.05) is 0 Å². The second-order valence-corrected chi connectivity index (χ2v) is 1.78. The molecule has 8 heavy (non-hydrogen) atoms. The minimum Gasteiger partial charge on any atom is -0.463 e. The van der Waals surface area contributed by atoms with Gasteiger partial charge in [0.15, 0.2) is 0 Å². The van der Waals surface area contributed by atoms with Crippen LogP contribution in [0.1, 0.15) is 0 Å². The van der Waals surface area contributed by atoms with Crippen LogP contribution in [-0.2, 0) is 4.84 Å². The molecule has 0 aliphatic rings. The van der Waals surface area contributed by atoms with E-state index in [1.807, 2.05) is 0 Å². The number of hydrogen-bond donors (Lipinski definition) is 1. The Hall–Kier alpha value is -0.553. The zero-order chi connectivity index (χ0) is 6.57. The summed E-state index contributed by atoms with van der Waals surface area (Å²) in [5, 5.41) is 8.93. The molecule has 1 N–H and O–H groups in total. The standard InChI is InChI=1S/C3H9NO3Si/c1-4(3(5)6)7-2-8/h2H2,1,8H3,(H,5,6). The third-order valence-electron chi connectivity index (χ3n) is 0.592. The molecule has 5 heteroatoms. The lowest BCUT2D eigenvalue weighted by Crippen LogP contribution is -2.25. The molecule has 48 valence electrons. The van der Waals surface area contributed by atoms with Crippen molar-refractivity contribution >= 4 is 16.3 Å². The minimum atomic E-state index is -1.05. The van der Waals surface area contributed by atoms with Gasteiger partial charge in [-0.3, -0.25) is 4.84 Å². The van der Waals surface area contributed by atoms with Gasteiger partial charge in [0.25, 0.3) is 0 Å². The first-order valence-corrected chi connectivity index (χ1v) is 3.69. The Morgan fingerprint density at radius 3 is 2.62 bits per heavy atom. The molecule has 4 nitrogen and oxygen atoms in total. The summed E-state index contributed by atoms with van der Waals surface area (Å²) >= 11 is 0. The predicted molar refractivity (Wildman–Crippen MR) is 31.7 cm³/mol. The van der Waals surface area contributed by atoms with Crippen LogP contribution < -0.4 is 0 Å². The monoisotopic (exact) mass is 135 g/mol. The number of hydrogen-bond acceptors (Lipinski definition) is 2. The first kappa shape index (κ1) is 7.45. The van der Waals surface area contributed by atoms with Gasteiger partial charge in [0.05, 0.1) is 6.23 Å². The molecule has 0 radical (unpaired) electrons. The van der Waals surface area contributed by atoms with Crippen molar-refractivity contribution in [2.45, 2.75) is 0 Å². The average Bonchev–Trinajstić information content (AvgIpc) is 1.67. The second-order valence-electron chi connectivity index (χ2n) is 1.20. The van der Waals surface area contributed by atoms with Gasteiger partial charge in [-0.2, -0.15) is 5.06 Å². The van der Waals surface area contributed by atoms with E-state index in [4.69, 9.17) is 5.11 Å². The highest BCUT2D eigenvalue weighted by atomic mass is 28.1. The van der Waals surface area contributed by atoms with E-state index in [-0.39, 0.29) is 0 Å². The van der Waals surface area contributed by atoms with Crippen LogP contribution in [-0.4, -0.2) is 39.8 Å². The molecule has 1 amide bonds. The summed E-state index contributed by atoms with van der Waals surface area (Å²) < 4.78 is 0. The molecule has 0 unspecified atom stereocenters. The van der Waals surface area contributed by atoms with Gasteiger partial charge in [0.2, 0.25) is 0 Å². The lowest BCUT2D eigenvalue weighted by molar-refractivity contribution is -0.0921. The van der Waals surface area contributed by atoms with Crippen LogP contribution in [0.15, 0.2) is 0 Å². The molecular weight excluding hydrogens is 126 g/mol. The molecule has 0 spiro atoms. The number of nitrogens with zero attached hydrogens (tertiary/aromatic N) is 1.